The van der Waals surface area contributed by atoms with Crippen molar-refractivity contribution in [2.24, 2.45) is 0 Å². The minimum atomic E-state index is -4.70. The van der Waals surface area contributed by atoms with E-state index in [0.29, 0.717) is 19.5 Å². The molecule has 0 spiro atoms. The summed E-state index contributed by atoms with van der Waals surface area (Å²) in [5, 5.41) is 0. The summed E-state index contributed by atoms with van der Waals surface area (Å²) in [4.78, 5) is 14.0. The number of halogens is 4. The third-order valence-corrected chi connectivity index (χ3v) is 4.56. The molecule has 2 aromatic carbocycles. The van der Waals surface area contributed by atoms with E-state index in [-0.39, 0.29) is 17.6 Å². The zero-order valence-electron chi connectivity index (χ0n) is 13.1. The Morgan fingerprint density at radius 3 is 2.52 bits per heavy atom. The number of nitrogens with zero attached hydrogens (tertiary/aromatic N) is 1. The number of likely N-dealkylation sites (tertiary alicyclic amines) is 1. The maximum atomic E-state index is 12.2. The molecular formula is C18H15BrF3NO2. The van der Waals surface area contributed by atoms with Crippen molar-refractivity contribution in [1.82, 2.24) is 4.90 Å². The van der Waals surface area contributed by atoms with Crippen molar-refractivity contribution < 1.29 is 22.7 Å². The van der Waals surface area contributed by atoms with E-state index >= 15 is 0 Å². The first-order valence-electron chi connectivity index (χ1n) is 7.68. The Bertz CT molecular complexity index is 762. The molecule has 1 unspecified atom stereocenters. The first-order valence-corrected chi connectivity index (χ1v) is 8.47. The molecule has 0 saturated carbocycles. The predicted molar refractivity (Wildman–Crippen MR) is 90.0 cm³/mol. The van der Waals surface area contributed by atoms with Gasteiger partial charge in [0.1, 0.15) is 5.75 Å². The van der Waals surface area contributed by atoms with Crippen LogP contribution in [-0.2, 0) is 11.3 Å². The molecule has 1 saturated heterocycles. The van der Waals surface area contributed by atoms with Gasteiger partial charge < -0.3 is 9.64 Å². The second kappa shape index (κ2) is 7.07. The minimum Gasteiger partial charge on any atom is -0.406 e. The standard InChI is InChI=1S/C18H15BrF3NO2/c19-15-3-1-2-13(8-15)14-9-17(24)23(11-14)10-12-4-6-16(7-5-12)25-18(20,21)22/h1-8,14H,9-11H2. The van der Waals surface area contributed by atoms with Gasteiger partial charge in [-0.15, -0.1) is 13.2 Å². The van der Waals surface area contributed by atoms with Crippen LogP contribution < -0.4 is 4.74 Å². The summed E-state index contributed by atoms with van der Waals surface area (Å²) >= 11 is 3.43. The number of benzene rings is 2. The van der Waals surface area contributed by atoms with Crippen LogP contribution in [0.4, 0.5) is 13.2 Å². The number of rotatable bonds is 4. The molecule has 1 fully saturated rings. The van der Waals surface area contributed by atoms with Crippen molar-refractivity contribution >= 4 is 21.8 Å². The fourth-order valence-electron chi connectivity index (χ4n) is 2.93. The van der Waals surface area contributed by atoms with Crippen LogP contribution in [0.1, 0.15) is 23.5 Å². The smallest absolute Gasteiger partial charge is 0.406 e. The maximum Gasteiger partial charge on any atom is 0.573 e. The molecule has 2 aromatic rings. The Kier molecular flexibility index (Phi) is 5.03. The van der Waals surface area contributed by atoms with E-state index in [0.717, 1.165) is 15.6 Å². The van der Waals surface area contributed by atoms with Crippen LogP contribution in [-0.4, -0.2) is 23.7 Å². The lowest BCUT2D eigenvalue weighted by molar-refractivity contribution is -0.274. The first kappa shape index (κ1) is 17.8. The molecule has 0 aromatic heterocycles. The largest absolute Gasteiger partial charge is 0.573 e. The molecule has 1 aliphatic heterocycles. The Morgan fingerprint density at radius 2 is 1.88 bits per heavy atom. The van der Waals surface area contributed by atoms with Crippen molar-refractivity contribution in [3.05, 3.63) is 64.1 Å². The van der Waals surface area contributed by atoms with Crippen LogP contribution in [0.2, 0.25) is 0 Å². The number of amides is 1. The van der Waals surface area contributed by atoms with E-state index in [2.05, 4.69) is 20.7 Å². The van der Waals surface area contributed by atoms with Gasteiger partial charge in [-0.2, -0.15) is 0 Å². The molecule has 25 heavy (non-hydrogen) atoms. The van der Waals surface area contributed by atoms with E-state index in [1.54, 1.807) is 17.0 Å². The Labute approximate surface area is 151 Å². The van der Waals surface area contributed by atoms with Crippen LogP contribution in [0, 0.1) is 0 Å². The molecule has 3 rings (SSSR count). The van der Waals surface area contributed by atoms with E-state index in [1.165, 1.54) is 12.1 Å². The third kappa shape index (κ3) is 4.75. The Balaban J connectivity index is 1.64. The second-order valence-corrected chi connectivity index (χ2v) is 6.84. The average Bonchev–Trinajstić information content (AvgIpc) is 2.89. The van der Waals surface area contributed by atoms with Crippen LogP contribution in [0.5, 0.6) is 5.75 Å². The van der Waals surface area contributed by atoms with Crippen LogP contribution >= 0.6 is 15.9 Å². The van der Waals surface area contributed by atoms with Gasteiger partial charge in [-0.3, -0.25) is 4.79 Å². The normalized spacial score (nSPS) is 17.8. The highest BCUT2D eigenvalue weighted by molar-refractivity contribution is 9.10. The molecule has 132 valence electrons. The van der Waals surface area contributed by atoms with Crippen molar-refractivity contribution in [3.8, 4) is 5.75 Å². The molecule has 0 bridgehead atoms. The fourth-order valence-corrected chi connectivity index (χ4v) is 3.34. The lowest BCUT2D eigenvalue weighted by atomic mass is 9.98. The Hall–Kier alpha value is -2.02. The molecule has 1 atom stereocenters. The number of carbonyl (C=O) groups excluding carboxylic acids is 1. The lowest BCUT2D eigenvalue weighted by Crippen LogP contribution is -2.24. The van der Waals surface area contributed by atoms with Crippen LogP contribution in [0.3, 0.4) is 0 Å². The number of ether oxygens (including phenoxy) is 1. The van der Waals surface area contributed by atoms with Gasteiger partial charge in [0.15, 0.2) is 0 Å². The van der Waals surface area contributed by atoms with E-state index in [1.807, 2.05) is 24.3 Å². The van der Waals surface area contributed by atoms with Gasteiger partial charge >= 0.3 is 6.36 Å². The Morgan fingerprint density at radius 1 is 1.16 bits per heavy atom. The topological polar surface area (TPSA) is 29.5 Å². The van der Waals surface area contributed by atoms with Crippen molar-refractivity contribution in [2.75, 3.05) is 6.54 Å². The number of carbonyl (C=O) groups is 1. The SMILES string of the molecule is O=C1CC(c2cccc(Br)c2)CN1Cc1ccc(OC(F)(F)F)cc1. The van der Waals surface area contributed by atoms with E-state index in [9.17, 15) is 18.0 Å². The molecule has 0 N–H and O–H groups in total. The van der Waals surface area contributed by atoms with Gasteiger partial charge in [-0.05, 0) is 35.4 Å². The van der Waals surface area contributed by atoms with Gasteiger partial charge in [0.2, 0.25) is 5.91 Å². The highest BCUT2D eigenvalue weighted by Gasteiger charge is 2.32. The average molecular weight is 414 g/mol. The molecular weight excluding hydrogens is 399 g/mol. The van der Waals surface area contributed by atoms with Crippen molar-refractivity contribution in [1.29, 1.82) is 0 Å². The summed E-state index contributed by atoms with van der Waals surface area (Å²) in [5.74, 6) is -0.102. The molecule has 1 heterocycles. The summed E-state index contributed by atoms with van der Waals surface area (Å²) in [6, 6.07) is 13.5. The zero-order chi connectivity index (χ0) is 18.0. The van der Waals surface area contributed by atoms with Crippen LogP contribution in [0.15, 0.2) is 53.0 Å². The lowest BCUT2D eigenvalue weighted by Gasteiger charge is -2.17. The van der Waals surface area contributed by atoms with E-state index < -0.39 is 6.36 Å². The maximum absolute atomic E-state index is 12.2. The summed E-state index contributed by atoms with van der Waals surface area (Å²) in [6.07, 6.45) is -4.27. The molecule has 0 radical (unpaired) electrons. The van der Waals surface area contributed by atoms with Crippen molar-refractivity contribution in [2.45, 2.75) is 25.2 Å². The van der Waals surface area contributed by atoms with Gasteiger partial charge in [-0.25, -0.2) is 0 Å². The molecule has 0 aliphatic carbocycles. The highest BCUT2D eigenvalue weighted by atomic mass is 79.9. The monoisotopic (exact) mass is 413 g/mol. The summed E-state index contributed by atoms with van der Waals surface area (Å²) in [6.45, 7) is 0.964. The molecule has 1 amide bonds. The zero-order valence-corrected chi connectivity index (χ0v) is 14.7. The van der Waals surface area contributed by atoms with E-state index in [4.69, 9.17) is 0 Å². The highest BCUT2D eigenvalue weighted by Crippen LogP contribution is 2.31. The fraction of sp³-hybridized carbons (Fsp3) is 0.278. The summed E-state index contributed by atoms with van der Waals surface area (Å²) in [7, 11) is 0. The molecule has 1 aliphatic rings. The molecule has 3 nitrogen and oxygen atoms in total. The van der Waals surface area contributed by atoms with Gasteiger partial charge in [0.25, 0.3) is 0 Å². The van der Waals surface area contributed by atoms with Gasteiger partial charge in [0.05, 0.1) is 0 Å². The third-order valence-electron chi connectivity index (χ3n) is 4.06. The predicted octanol–water partition coefficient (Wildman–Crippen LogP) is 4.86. The quantitative estimate of drug-likeness (QED) is 0.715. The number of hydrogen-bond donors (Lipinski definition) is 0. The first-order chi connectivity index (χ1) is 11.8. The van der Waals surface area contributed by atoms with Crippen molar-refractivity contribution in [3.63, 3.8) is 0 Å². The van der Waals surface area contributed by atoms with Gasteiger partial charge in [0, 0.05) is 29.9 Å². The second-order valence-electron chi connectivity index (χ2n) is 5.92. The summed E-state index contributed by atoms with van der Waals surface area (Å²) < 4.78 is 41.3. The van der Waals surface area contributed by atoms with Crippen LogP contribution in [0.25, 0.3) is 0 Å². The molecule has 7 heteroatoms. The summed E-state index contributed by atoms with van der Waals surface area (Å²) in [5.41, 5.74) is 1.86. The van der Waals surface area contributed by atoms with Gasteiger partial charge in [-0.1, -0.05) is 40.2 Å². The minimum absolute atomic E-state index is 0.0422. The number of hydrogen-bond acceptors (Lipinski definition) is 2. The number of alkyl halides is 3.